The van der Waals surface area contributed by atoms with Crippen LogP contribution in [-0.2, 0) is 43.0 Å². The number of esters is 2. The van der Waals surface area contributed by atoms with Gasteiger partial charge in [0, 0.05) is 16.0 Å². The number of nitrogens with zero attached hydrogens (tertiary/aromatic N) is 3. The first kappa shape index (κ1) is 30.1. The van der Waals surface area contributed by atoms with Gasteiger partial charge in [-0.1, -0.05) is 5.16 Å². The molecule has 0 bridgehead atoms. The molecule has 0 radical (unpaired) electrons. The Morgan fingerprint density at radius 3 is 2.62 bits per heavy atom. The van der Waals surface area contributed by atoms with Gasteiger partial charge in [0.25, 0.3) is 11.8 Å². The number of nitrogen functional groups attached to an aromatic ring is 1. The van der Waals surface area contributed by atoms with Gasteiger partial charge in [-0.25, -0.2) is 9.78 Å². The van der Waals surface area contributed by atoms with Crippen LogP contribution in [0.15, 0.2) is 21.1 Å². The van der Waals surface area contributed by atoms with Gasteiger partial charge in [0.05, 0.1) is 23.9 Å². The number of rotatable bonds is 9. The Balaban J connectivity index is 1.50. The Morgan fingerprint density at radius 1 is 1.27 bits per heavy atom. The lowest BCUT2D eigenvalue weighted by Crippen LogP contribution is -2.71. The number of thioether (sulfide) groups is 2. The molecule has 3 N–H and O–H groups in total. The fraction of sp³-hybridized carbons (Fsp3) is 0.565. The van der Waals surface area contributed by atoms with Crippen molar-refractivity contribution >= 4 is 69.5 Å². The number of nitrogens with one attached hydrogen (secondary N) is 1. The fourth-order valence-electron chi connectivity index (χ4n) is 3.73. The number of amides is 2. The Morgan fingerprint density at radius 2 is 2.00 bits per heavy atom. The summed E-state index contributed by atoms with van der Waals surface area (Å²) in [7, 11) is 1.28. The van der Waals surface area contributed by atoms with Gasteiger partial charge < -0.3 is 34.8 Å². The molecule has 4 rings (SSSR count). The molecular formula is C23H29N5O9S3. The first-order valence-electron chi connectivity index (χ1n) is 12.0. The van der Waals surface area contributed by atoms with Crippen LogP contribution in [-0.4, -0.2) is 95.7 Å². The van der Waals surface area contributed by atoms with Crippen LogP contribution in [0.3, 0.4) is 0 Å². The molecule has 1 aromatic rings. The molecule has 3 aliphatic heterocycles. The van der Waals surface area contributed by atoms with Crippen LogP contribution in [0.1, 0.15) is 26.5 Å². The zero-order valence-corrected chi connectivity index (χ0v) is 24.6. The maximum atomic E-state index is 13.3. The van der Waals surface area contributed by atoms with Crippen molar-refractivity contribution in [1.29, 1.82) is 0 Å². The molecule has 0 spiro atoms. The van der Waals surface area contributed by atoms with Gasteiger partial charge in [-0.2, -0.15) is 0 Å². The second-order valence-electron chi connectivity index (χ2n) is 9.66. The molecule has 218 valence electrons. The summed E-state index contributed by atoms with van der Waals surface area (Å²) in [6, 6.07) is -0.954. The average molecular weight is 616 g/mol. The van der Waals surface area contributed by atoms with Crippen LogP contribution in [0.4, 0.5) is 5.13 Å². The van der Waals surface area contributed by atoms with Gasteiger partial charge >= 0.3 is 11.9 Å². The SMILES string of the molecule is CON=C(C(=O)NC1C(=O)N2C(C(=O)OCOC(=O)C(C)(C)C)=C(SC3COCOC3)CS[C@@H]12)c1csc(N)n1. The number of oxime groups is 1. The molecule has 2 amide bonds. The van der Waals surface area contributed by atoms with Crippen molar-refractivity contribution in [3.63, 3.8) is 0 Å². The molecule has 3 aliphatic rings. The van der Waals surface area contributed by atoms with Crippen molar-refractivity contribution in [2.75, 3.05) is 45.4 Å². The Kier molecular flexibility index (Phi) is 9.60. The predicted octanol–water partition coefficient (Wildman–Crippen LogP) is 0.883. The highest BCUT2D eigenvalue weighted by Gasteiger charge is 2.55. The third-order valence-electron chi connectivity index (χ3n) is 5.65. The largest absolute Gasteiger partial charge is 0.427 e. The summed E-state index contributed by atoms with van der Waals surface area (Å²) in [5.41, 5.74) is 4.98. The lowest BCUT2D eigenvalue weighted by Gasteiger charge is -2.49. The quantitative estimate of drug-likeness (QED) is 0.131. The molecule has 2 saturated heterocycles. The van der Waals surface area contributed by atoms with E-state index in [1.165, 1.54) is 35.5 Å². The van der Waals surface area contributed by atoms with Crippen molar-refractivity contribution in [3.05, 3.63) is 21.7 Å². The summed E-state index contributed by atoms with van der Waals surface area (Å²) < 4.78 is 21.0. The molecule has 1 aromatic heterocycles. The number of hydrogen-bond acceptors (Lipinski definition) is 15. The zero-order chi connectivity index (χ0) is 29.0. The average Bonchev–Trinajstić information content (AvgIpc) is 3.35. The summed E-state index contributed by atoms with van der Waals surface area (Å²) in [5.74, 6) is -2.23. The van der Waals surface area contributed by atoms with Crippen molar-refractivity contribution in [2.45, 2.75) is 37.4 Å². The maximum Gasteiger partial charge on any atom is 0.358 e. The molecule has 0 aliphatic carbocycles. The zero-order valence-electron chi connectivity index (χ0n) is 22.2. The van der Waals surface area contributed by atoms with Gasteiger partial charge in [-0.3, -0.25) is 19.3 Å². The maximum absolute atomic E-state index is 13.3. The number of ether oxygens (including phenoxy) is 4. The van der Waals surface area contributed by atoms with E-state index in [1.807, 2.05) is 0 Å². The summed E-state index contributed by atoms with van der Waals surface area (Å²) in [4.78, 5) is 62.4. The minimum atomic E-state index is -0.954. The van der Waals surface area contributed by atoms with E-state index >= 15 is 0 Å². The number of fused-ring (bicyclic) bond motifs is 1. The van der Waals surface area contributed by atoms with Crippen LogP contribution in [0.5, 0.6) is 0 Å². The number of thiazole rings is 1. The van der Waals surface area contributed by atoms with Crippen molar-refractivity contribution in [2.24, 2.45) is 10.6 Å². The number of hydrogen-bond donors (Lipinski definition) is 2. The summed E-state index contributed by atoms with van der Waals surface area (Å²) in [6.07, 6.45) is 0. The first-order valence-corrected chi connectivity index (χ1v) is 14.8. The smallest absolute Gasteiger partial charge is 0.358 e. The molecule has 17 heteroatoms. The second-order valence-corrected chi connectivity index (χ2v) is 13.0. The number of anilines is 1. The van der Waals surface area contributed by atoms with Crippen molar-refractivity contribution < 1.29 is 43.0 Å². The molecule has 0 saturated carbocycles. The van der Waals surface area contributed by atoms with Gasteiger partial charge in [0.2, 0.25) is 6.79 Å². The van der Waals surface area contributed by atoms with E-state index in [0.29, 0.717) is 23.9 Å². The van der Waals surface area contributed by atoms with Crippen LogP contribution < -0.4 is 11.1 Å². The number of carbonyl (C=O) groups excluding carboxylic acids is 4. The lowest BCUT2D eigenvalue weighted by atomic mass is 9.98. The van der Waals surface area contributed by atoms with E-state index < -0.39 is 47.4 Å². The molecule has 4 heterocycles. The second kappa shape index (κ2) is 12.8. The van der Waals surface area contributed by atoms with E-state index in [0.717, 1.165) is 11.3 Å². The molecular weight excluding hydrogens is 586 g/mol. The highest BCUT2D eigenvalue weighted by atomic mass is 32.2. The van der Waals surface area contributed by atoms with E-state index in [2.05, 4.69) is 15.5 Å². The number of β-lactam (4-membered cyclic amide) rings is 1. The van der Waals surface area contributed by atoms with Crippen LogP contribution in [0, 0.1) is 5.41 Å². The molecule has 14 nitrogen and oxygen atoms in total. The normalized spacial score (nSPS) is 21.9. The number of carbonyl (C=O) groups is 4. The Bertz CT molecular complexity index is 1220. The van der Waals surface area contributed by atoms with E-state index in [-0.39, 0.29) is 34.3 Å². The monoisotopic (exact) mass is 615 g/mol. The number of nitrogens with two attached hydrogens (primary N) is 1. The van der Waals surface area contributed by atoms with Crippen LogP contribution >= 0.6 is 34.9 Å². The Hall–Kier alpha value is -2.86. The van der Waals surface area contributed by atoms with Gasteiger partial charge in [-0.05, 0) is 20.8 Å². The highest BCUT2D eigenvalue weighted by molar-refractivity contribution is 8.06. The number of aromatic nitrogens is 1. The summed E-state index contributed by atoms with van der Waals surface area (Å²) >= 11 is 3.85. The highest BCUT2D eigenvalue weighted by Crippen LogP contribution is 2.45. The molecule has 2 fully saturated rings. The summed E-state index contributed by atoms with van der Waals surface area (Å²) in [5, 5.41) is 7.49. The van der Waals surface area contributed by atoms with Gasteiger partial charge in [0.1, 0.15) is 36.7 Å². The van der Waals surface area contributed by atoms with E-state index in [4.69, 9.17) is 29.5 Å². The van der Waals surface area contributed by atoms with Crippen LogP contribution in [0.25, 0.3) is 0 Å². The first-order chi connectivity index (χ1) is 19.0. The topological polar surface area (TPSA) is 181 Å². The van der Waals surface area contributed by atoms with Crippen molar-refractivity contribution in [3.8, 4) is 0 Å². The third kappa shape index (κ3) is 6.71. The van der Waals surface area contributed by atoms with Gasteiger partial charge in [0.15, 0.2) is 10.8 Å². The van der Waals surface area contributed by atoms with E-state index in [1.54, 1.807) is 26.2 Å². The standard InChI is InChI=1S/C23H29N5O9S3/c1-23(2,3)21(32)37-10-36-20(31)16-13(40-11-5-34-9-35-6-11)8-38-19-15(18(30)28(16)19)26-17(29)14(27-33-4)12-7-39-22(24)25-12/h7,11,15,19H,5-6,8-10H2,1-4H3,(H2,24,25)(H,26,29)/t15?,19-/m0/s1. The molecule has 40 heavy (non-hydrogen) atoms. The minimum Gasteiger partial charge on any atom is -0.427 e. The Labute approximate surface area is 242 Å². The minimum absolute atomic E-state index is 0.0275. The molecule has 0 aromatic carbocycles. The van der Waals surface area contributed by atoms with Crippen LogP contribution in [0.2, 0.25) is 0 Å². The van der Waals surface area contributed by atoms with Crippen molar-refractivity contribution in [1.82, 2.24) is 15.2 Å². The molecule has 1 unspecified atom stereocenters. The summed E-state index contributed by atoms with van der Waals surface area (Å²) in [6.45, 7) is 5.40. The van der Waals surface area contributed by atoms with E-state index in [9.17, 15) is 19.2 Å². The lowest BCUT2D eigenvalue weighted by molar-refractivity contribution is -0.173. The third-order valence-corrected chi connectivity index (χ3v) is 9.02. The predicted molar refractivity (Wildman–Crippen MR) is 147 cm³/mol. The fourth-order valence-corrected chi connectivity index (χ4v) is 6.97. The molecule has 2 atom stereocenters. The van der Waals surface area contributed by atoms with Gasteiger partial charge in [-0.15, -0.1) is 34.9 Å².